The molecular formula is C27H30O7. The van der Waals surface area contributed by atoms with Gasteiger partial charge in [0, 0.05) is 40.7 Å². The summed E-state index contributed by atoms with van der Waals surface area (Å²) in [5, 5.41) is 0. The van der Waals surface area contributed by atoms with Crippen LogP contribution in [0.1, 0.15) is 53.9 Å². The molecule has 7 heteroatoms. The maximum absolute atomic E-state index is 14.4. The number of fused-ring (bicyclic) bond motifs is 3. The first-order valence-electron chi connectivity index (χ1n) is 12.4. The average molecular weight is 467 g/mol. The normalized spacial score (nSPS) is 51.7. The summed E-state index contributed by atoms with van der Waals surface area (Å²) >= 11 is 0. The SMILES string of the molecule is C[C@@H]1C(=O)O[C@H]2[C@@H]1O[C@]13O[C@@]4(CC[C@]5(C)C(=O)[C@@H](C)[C@H]2[C@H]15)CC1=COC(C)(C)C1=CC=C4C3=O. The third-order valence-electron chi connectivity index (χ3n) is 10.00. The lowest BCUT2D eigenvalue weighted by atomic mass is 9.62. The van der Waals surface area contributed by atoms with Crippen molar-refractivity contribution in [2.45, 2.75) is 83.1 Å². The predicted molar refractivity (Wildman–Crippen MR) is 118 cm³/mol. The highest BCUT2D eigenvalue weighted by atomic mass is 16.7. The molecule has 4 saturated heterocycles. The second-order valence-electron chi connectivity index (χ2n) is 12.1. The van der Waals surface area contributed by atoms with Crippen LogP contribution in [0, 0.1) is 29.1 Å². The number of carbonyl (C=O) groups excluding carboxylic acids is 3. The summed E-state index contributed by atoms with van der Waals surface area (Å²) in [5.41, 5.74) is 0.496. The van der Waals surface area contributed by atoms with Crippen molar-refractivity contribution in [3.63, 3.8) is 0 Å². The topological polar surface area (TPSA) is 88.1 Å². The van der Waals surface area contributed by atoms with E-state index in [0.29, 0.717) is 24.8 Å². The summed E-state index contributed by atoms with van der Waals surface area (Å²) in [6.45, 7) is 9.66. The lowest BCUT2D eigenvalue weighted by Gasteiger charge is -2.49. The van der Waals surface area contributed by atoms with Gasteiger partial charge in [-0.2, -0.15) is 0 Å². The summed E-state index contributed by atoms with van der Waals surface area (Å²) in [6.07, 6.45) is 6.10. The zero-order chi connectivity index (χ0) is 24.0. The molecule has 0 N–H and O–H groups in total. The number of carbonyl (C=O) groups is 3. The first kappa shape index (κ1) is 21.1. The fraction of sp³-hybridized carbons (Fsp3) is 0.667. The molecule has 2 bridgehead atoms. The second kappa shape index (κ2) is 5.93. The van der Waals surface area contributed by atoms with Crippen LogP contribution in [-0.2, 0) is 33.3 Å². The fourth-order valence-corrected chi connectivity index (χ4v) is 8.27. The number of rotatable bonds is 0. The third-order valence-corrected chi connectivity index (χ3v) is 10.00. The summed E-state index contributed by atoms with van der Waals surface area (Å²) in [6, 6.07) is 0. The molecule has 0 aromatic heterocycles. The van der Waals surface area contributed by atoms with Gasteiger partial charge in [-0.05, 0) is 39.2 Å². The Bertz CT molecular complexity index is 1180. The highest BCUT2D eigenvalue weighted by Gasteiger charge is 2.80. The largest absolute Gasteiger partial charge is 0.490 e. The van der Waals surface area contributed by atoms with Crippen molar-refractivity contribution < 1.29 is 33.3 Å². The Morgan fingerprint density at radius 3 is 2.44 bits per heavy atom. The van der Waals surface area contributed by atoms with Crippen molar-refractivity contribution >= 4 is 17.5 Å². The molecule has 5 heterocycles. The Morgan fingerprint density at radius 2 is 1.68 bits per heavy atom. The maximum Gasteiger partial charge on any atom is 0.311 e. The molecule has 2 aliphatic carbocycles. The van der Waals surface area contributed by atoms with Crippen molar-refractivity contribution in [3.05, 3.63) is 35.1 Å². The van der Waals surface area contributed by atoms with E-state index >= 15 is 0 Å². The van der Waals surface area contributed by atoms with E-state index in [-0.39, 0.29) is 29.4 Å². The van der Waals surface area contributed by atoms with Gasteiger partial charge < -0.3 is 18.9 Å². The molecule has 34 heavy (non-hydrogen) atoms. The van der Waals surface area contributed by atoms with E-state index in [1.165, 1.54) is 0 Å². The minimum Gasteiger partial charge on any atom is -0.490 e. The molecule has 7 aliphatic rings. The van der Waals surface area contributed by atoms with Crippen LogP contribution >= 0.6 is 0 Å². The number of ether oxygens (including phenoxy) is 4. The van der Waals surface area contributed by atoms with Crippen LogP contribution in [0.15, 0.2) is 35.1 Å². The summed E-state index contributed by atoms with van der Waals surface area (Å²) in [7, 11) is 0. The van der Waals surface area contributed by atoms with E-state index in [0.717, 1.165) is 11.1 Å². The van der Waals surface area contributed by atoms with Gasteiger partial charge >= 0.3 is 5.97 Å². The lowest BCUT2D eigenvalue weighted by molar-refractivity contribution is -0.326. The van der Waals surface area contributed by atoms with Gasteiger partial charge in [-0.15, -0.1) is 0 Å². The zero-order valence-electron chi connectivity index (χ0n) is 20.2. The highest BCUT2D eigenvalue weighted by molar-refractivity contribution is 6.07. The predicted octanol–water partition coefficient (Wildman–Crippen LogP) is 3.18. The van der Waals surface area contributed by atoms with E-state index in [9.17, 15) is 14.4 Å². The maximum atomic E-state index is 14.4. The van der Waals surface area contributed by atoms with E-state index in [1.54, 1.807) is 13.2 Å². The molecule has 7 rings (SSSR count). The monoisotopic (exact) mass is 466 g/mol. The number of ketones is 2. The van der Waals surface area contributed by atoms with Gasteiger partial charge in [-0.25, -0.2) is 0 Å². The first-order valence-corrected chi connectivity index (χ1v) is 12.4. The number of allylic oxidation sites excluding steroid dienone is 2. The van der Waals surface area contributed by atoms with Crippen molar-refractivity contribution in [2.75, 3.05) is 0 Å². The van der Waals surface area contributed by atoms with E-state index in [1.807, 2.05) is 39.8 Å². The van der Waals surface area contributed by atoms with Crippen molar-refractivity contribution in [2.24, 2.45) is 29.1 Å². The Hall–Kier alpha value is -2.25. The molecule has 2 spiro atoms. The van der Waals surface area contributed by atoms with Crippen molar-refractivity contribution in [1.82, 2.24) is 0 Å². The molecule has 0 aromatic rings. The number of Topliss-reactive ketones (excluding diaryl/α,β-unsaturated/α-hetero) is 2. The van der Waals surface area contributed by atoms with Crippen LogP contribution < -0.4 is 0 Å². The molecule has 5 aliphatic heterocycles. The van der Waals surface area contributed by atoms with Crippen LogP contribution in [0.2, 0.25) is 0 Å². The Morgan fingerprint density at radius 1 is 0.941 bits per heavy atom. The molecule has 0 radical (unpaired) electrons. The van der Waals surface area contributed by atoms with E-state index in [4.69, 9.17) is 18.9 Å². The molecular weight excluding hydrogens is 436 g/mol. The van der Waals surface area contributed by atoms with Crippen LogP contribution in [-0.4, -0.2) is 46.7 Å². The van der Waals surface area contributed by atoms with Crippen LogP contribution in [0.25, 0.3) is 0 Å². The quantitative estimate of drug-likeness (QED) is 0.507. The van der Waals surface area contributed by atoms with Crippen LogP contribution in [0.5, 0.6) is 0 Å². The summed E-state index contributed by atoms with van der Waals surface area (Å²) in [5.74, 6) is -3.70. The van der Waals surface area contributed by atoms with E-state index < -0.39 is 46.4 Å². The molecule has 7 nitrogen and oxygen atoms in total. The molecule has 5 fully saturated rings. The van der Waals surface area contributed by atoms with Gasteiger partial charge in [0.25, 0.3) is 0 Å². The molecule has 0 aromatic carbocycles. The van der Waals surface area contributed by atoms with E-state index in [2.05, 4.69) is 0 Å². The minimum absolute atomic E-state index is 0.115. The molecule has 0 unspecified atom stereocenters. The standard InChI is InChI=1S/C27H30O7/c1-12-17-19-18(13(2)23(30)32-19)33-27-20(17)25(5,21(12)28)8-9-26(34-27)10-14-11-31-24(3,4)15(14)6-7-16(26)22(27)29/h6-7,11-13,17-20H,8-10H2,1-5H3/t12-,13-,17+,18+,19+,20-,25-,26-,27-/m0/s1. The lowest BCUT2D eigenvalue weighted by Crippen LogP contribution is -2.63. The Kier molecular flexibility index (Phi) is 3.67. The minimum atomic E-state index is -1.59. The third kappa shape index (κ3) is 2.12. The van der Waals surface area contributed by atoms with Crippen molar-refractivity contribution in [3.8, 4) is 0 Å². The van der Waals surface area contributed by atoms with Gasteiger partial charge in [0.15, 0.2) is 0 Å². The smallest absolute Gasteiger partial charge is 0.311 e. The Balaban J connectivity index is 1.44. The second-order valence-corrected chi connectivity index (χ2v) is 12.1. The first-order chi connectivity index (χ1) is 16.0. The fourth-order valence-electron chi connectivity index (χ4n) is 8.27. The van der Waals surface area contributed by atoms with Gasteiger partial charge in [0.05, 0.1) is 12.2 Å². The molecule has 0 amide bonds. The summed E-state index contributed by atoms with van der Waals surface area (Å²) < 4.78 is 25.2. The number of hydrogen-bond acceptors (Lipinski definition) is 7. The molecule has 1 saturated carbocycles. The molecule has 9 atom stereocenters. The van der Waals surface area contributed by atoms with Crippen LogP contribution in [0.4, 0.5) is 0 Å². The number of esters is 1. The van der Waals surface area contributed by atoms with Gasteiger partial charge in [-0.3, -0.25) is 14.4 Å². The Labute approximate surface area is 198 Å². The van der Waals surface area contributed by atoms with Gasteiger partial charge in [0.2, 0.25) is 11.6 Å². The van der Waals surface area contributed by atoms with Crippen LogP contribution in [0.3, 0.4) is 0 Å². The number of hydrogen-bond donors (Lipinski definition) is 0. The highest BCUT2D eigenvalue weighted by Crippen LogP contribution is 2.68. The zero-order valence-corrected chi connectivity index (χ0v) is 20.2. The van der Waals surface area contributed by atoms with Crippen molar-refractivity contribution in [1.29, 1.82) is 0 Å². The molecule has 180 valence electrons. The van der Waals surface area contributed by atoms with Gasteiger partial charge in [0.1, 0.15) is 29.2 Å². The average Bonchev–Trinajstić information content (AvgIpc) is 3.29. The summed E-state index contributed by atoms with van der Waals surface area (Å²) in [4.78, 5) is 40.7. The van der Waals surface area contributed by atoms with Gasteiger partial charge in [-0.1, -0.05) is 26.0 Å².